The van der Waals surface area contributed by atoms with Gasteiger partial charge in [-0.25, -0.2) is 4.68 Å². The van der Waals surface area contributed by atoms with Gasteiger partial charge in [0.05, 0.1) is 4.92 Å². The van der Waals surface area contributed by atoms with Crippen LogP contribution < -0.4 is 10.6 Å². The molecule has 112 valence electrons. The molecule has 0 amide bonds. The quantitative estimate of drug-likeness (QED) is 0.666. The van der Waals surface area contributed by atoms with Gasteiger partial charge in [0.1, 0.15) is 5.69 Å². The normalized spacial score (nSPS) is 23.1. The fourth-order valence-electron chi connectivity index (χ4n) is 2.97. The number of nitrogens with zero attached hydrogens (tertiary/aromatic N) is 4. The number of aryl methyl sites for hydroxylation is 2. The van der Waals surface area contributed by atoms with Crippen molar-refractivity contribution in [1.82, 2.24) is 9.78 Å². The summed E-state index contributed by atoms with van der Waals surface area (Å²) in [6.45, 7) is 5.38. The minimum atomic E-state index is -0.306. The Balaban J connectivity index is 2.44. The number of nitrogens with two attached hydrogens (primary N) is 1. The monoisotopic (exact) mass is 281 g/mol. The third-order valence-electron chi connectivity index (χ3n) is 4.16. The lowest BCUT2D eigenvalue weighted by atomic mass is 9.93. The molecule has 0 spiro atoms. The van der Waals surface area contributed by atoms with E-state index in [0.717, 1.165) is 19.4 Å². The molecule has 1 aliphatic rings. The molecule has 0 saturated carbocycles. The van der Waals surface area contributed by atoms with Crippen molar-refractivity contribution in [3.63, 3.8) is 0 Å². The number of rotatable bonds is 4. The summed E-state index contributed by atoms with van der Waals surface area (Å²) in [5.41, 5.74) is 6.48. The molecule has 0 aromatic carbocycles. The zero-order valence-electron chi connectivity index (χ0n) is 12.4. The van der Waals surface area contributed by atoms with Gasteiger partial charge in [-0.15, -0.1) is 0 Å². The predicted octanol–water partition coefficient (Wildman–Crippen LogP) is 1.45. The summed E-state index contributed by atoms with van der Waals surface area (Å²) in [6.07, 6.45) is 2.65. The van der Waals surface area contributed by atoms with Crippen molar-refractivity contribution in [2.45, 2.75) is 39.2 Å². The van der Waals surface area contributed by atoms with Crippen LogP contribution in [0.1, 0.15) is 32.4 Å². The number of piperidine rings is 1. The van der Waals surface area contributed by atoms with E-state index in [1.165, 1.54) is 0 Å². The maximum absolute atomic E-state index is 11.4. The molecule has 0 radical (unpaired) electrons. The summed E-state index contributed by atoms with van der Waals surface area (Å²) in [6, 6.07) is 0.275. The number of aromatic nitrogens is 2. The van der Waals surface area contributed by atoms with E-state index in [1.54, 1.807) is 11.7 Å². The molecule has 7 nitrogen and oxygen atoms in total. The number of hydrogen-bond acceptors (Lipinski definition) is 5. The zero-order chi connectivity index (χ0) is 14.9. The molecule has 2 heterocycles. The van der Waals surface area contributed by atoms with E-state index < -0.39 is 0 Å². The molecule has 1 aromatic heterocycles. The Kier molecular flexibility index (Phi) is 4.27. The Morgan fingerprint density at radius 2 is 2.20 bits per heavy atom. The first-order chi connectivity index (χ1) is 9.49. The number of hydrogen-bond donors (Lipinski definition) is 1. The average Bonchev–Trinajstić information content (AvgIpc) is 2.76. The maximum atomic E-state index is 11.4. The first kappa shape index (κ1) is 14.8. The van der Waals surface area contributed by atoms with Crippen molar-refractivity contribution >= 4 is 11.5 Å². The number of nitro groups is 1. The summed E-state index contributed by atoms with van der Waals surface area (Å²) in [5, 5.41) is 15.7. The topological polar surface area (TPSA) is 90.2 Å². The largest absolute Gasteiger partial charge is 0.348 e. The van der Waals surface area contributed by atoms with Crippen molar-refractivity contribution in [3.8, 4) is 0 Å². The minimum Gasteiger partial charge on any atom is -0.348 e. The lowest BCUT2D eigenvalue weighted by Crippen LogP contribution is -2.45. The molecular formula is C13H23N5O2. The van der Waals surface area contributed by atoms with Gasteiger partial charge in [-0.1, -0.05) is 6.92 Å². The first-order valence-electron chi connectivity index (χ1n) is 7.16. The standard InChI is InChI=1S/C13H23N5O2/c1-4-11-12(18(19)20)13(16(3)15-11)17-8-10(7-14)6-5-9(17)2/h9-10H,4-8,14H2,1-3H3. The van der Waals surface area contributed by atoms with Crippen molar-refractivity contribution in [2.75, 3.05) is 18.0 Å². The highest BCUT2D eigenvalue weighted by molar-refractivity contribution is 5.62. The van der Waals surface area contributed by atoms with Gasteiger partial charge in [0, 0.05) is 19.6 Å². The second kappa shape index (κ2) is 5.78. The van der Waals surface area contributed by atoms with Crippen LogP contribution in [0.3, 0.4) is 0 Å². The van der Waals surface area contributed by atoms with Crippen LogP contribution in [0.15, 0.2) is 0 Å². The fraction of sp³-hybridized carbons (Fsp3) is 0.769. The van der Waals surface area contributed by atoms with Crippen molar-refractivity contribution in [2.24, 2.45) is 18.7 Å². The minimum absolute atomic E-state index is 0.152. The molecule has 1 saturated heterocycles. The predicted molar refractivity (Wildman–Crippen MR) is 77.8 cm³/mol. The van der Waals surface area contributed by atoms with Crippen LogP contribution in [0.4, 0.5) is 11.5 Å². The van der Waals surface area contributed by atoms with Crippen molar-refractivity contribution < 1.29 is 4.92 Å². The van der Waals surface area contributed by atoms with E-state index in [4.69, 9.17) is 5.73 Å². The fourth-order valence-corrected chi connectivity index (χ4v) is 2.97. The molecule has 1 fully saturated rings. The number of anilines is 1. The SMILES string of the molecule is CCc1nn(C)c(N2CC(CN)CCC2C)c1[N+](=O)[O-]. The molecule has 7 heteroatoms. The van der Waals surface area contributed by atoms with Crippen LogP contribution in [-0.4, -0.2) is 33.8 Å². The van der Waals surface area contributed by atoms with Gasteiger partial charge in [-0.05, 0) is 38.6 Å². The molecule has 2 unspecified atom stereocenters. The van der Waals surface area contributed by atoms with Crippen LogP contribution in [0.25, 0.3) is 0 Å². The van der Waals surface area contributed by atoms with E-state index >= 15 is 0 Å². The van der Waals surface area contributed by atoms with Crippen LogP contribution in [0.5, 0.6) is 0 Å². The Hall–Kier alpha value is -1.63. The van der Waals surface area contributed by atoms with Crippen LogP contribution in [0, 0.1) is 16.0 Å². The summed E-state index contributed by atoms with van der Waals surface area (Å²) in [7, 11) is 1.78. The third kappa shape index (κ3) is 2.49. The average molecular weight is 281 g/mol. The van der Waals surface area contributed by atoms with E-state index in [-0.39, 0.29) is 16.7 Å². The Bertz CT molecular complexity index is 499. The second-order valence-corrected chi connectivity index (χ2v) is 5.53. The molecular weight excluding hydrogens is 258 g/mol. The molecule has 20 heavy (non-hydrogen) atoms. The smallest absolute Gasteiger partial charge is 0.334 e. The Morgan fingerprint density at radius 1 is 1.50 bits per heavy atom. The van der Waals surface area contributed by atoms with Crippen molar-refractivity contribution in [3.05, 3.63) is 15.8 Å². The molecule has 2 atom stereocenters. The molecule has 0 aliphatic carbocycles. The lowest BCUT2D eigenvalue weighted by Gasteiger charge is -2.38. The summed E-state index contributed by atoms with van der Waals surface area (Å²) in [4.78, 5) is 13.2. The first-order valence-corrected chi connectivity index (χ1v) is 7.16. The highest BCUT2D eigenvalue weighted by atomic mass is 16.6. The van der Waals surface area contributed by atoms with Crippen LogP contribution >= 0.6 is 0 Å². The van der Waals surface area contributed by atoms with Gasteiger partial charge in [0.15, 0.2) is 0 Å². The molecule has 1 aliphatic heterocycles. The Morgan fingerprint density at radius 3 is 2.75 bits per heavy atom. The summed E-state index contributed by atoms with van der Waals surface area (Å²) < 4.78 is 1.65. The second-order valence-electron chi connectivity index (χ2n) is 5.53. The highest BCUT2D eigenvalue weighted by Crippen LogP contribution is 2.36. The van der Waals surface area contributed by atoms with Gasteiger partial charge in [0.2, 0.25) is 5.82 Å². The highest BCUT2D eigenvalue weighted by Gasteiger charge is 2.34. The molecule has 2 N–H and O–H groups in total. The van der Waals surface area contributed by atoms with E-state index in [2.05, 4.69) is 16.9 Å². The van der Waals surface area contributed by atoms with Gasteiger partial charge in [0.25, 0.3) is 0 Å². The van der Waals surface area contributed by atoms with Crippen LogP contribution in [-0.2, 0) is 13.5 Å². The molecule has 2 rings (SSSR count). The molecule has 1 aromatic rings. The maximum Gasteiger partial charge on any atom is 0.334 e. The lowest BCUT2D eigenvalue weighted by molar-refractivity contribution is -0.384. The van der Waals surface area contributed by atoms with E-state index in [9.17, 15) is 10.1 Å². The van der Waals surface area contributed by atoms with Gasteiger partial charge in [-0.2, -0.15) is 5.10 Å². The van der Waals surface area contributed by atoms with Gasteiger partial charge >= 0.3 is 5.69 Å². The Labute approximate surface area is 118 Å². The zero-order valence-corrected chi connectivity index (χ0v) is 12.4. The molecule has 0 bridgehead atoms. The van der Waals surface area contributed by atoms with E-state index in [0.29, 0.717) is 30.4 Å². The van der Waals surface area contributed by atoms with Crippen LogP contribution in [0.2, 0.25) is 0 Å². The van der Waals surface area contributed by atoms with Gasteiger partial charge < -0.3 is 10.6 Å². The van der Waals surface area contributed by atoms with E-state index in [1.807, 2.05) is 6.92 Å². The van der Waals surface area contributed by atoms with Crippen molar-refractivity contribution in [1.29, 1.82) is 0 Å². The third-order valence-corrected chi connectivity index (χ3v) is 4.16. The summed E-state index contributed by atoms with van der Waals surface area (Å²) in [5.74, 6) is 1.02. The van der Waals surface area contributed by atoms with Gasteiger partial charge in [-0.3, -0.25) is 10.1 Å². The summed E-state index contributed by atoms with van der Waals surface area (Å²) >= 11 is 0.